The number of methoxy groups -OCH3 is 1. The third kappa shape index (κ3) is 2.28. The smallest absolute Gasteiger partial charge is 0.244 e. The number of carbonyl (C=O) groups is 1. The molecule has 0 aliphatic heterocycles. The van der Waals surface area contributed by atoms with E-state index in [-0.39, 0.29) is 5.91 Å². The van der Waals surface area contributed by atoms with Crippen LogP contribution >= 0.6 is 0 Å². The zero-order chi connectivity index (χ0) is 14.0. The Kier molecular flexibility index (Phi) is 3.48. The molecule has 1 aromatic rings. The Bertz CT molecular complexity index is 554. The summed E-state index contributed by atoms with van der Waals surface area (Å²) in [6.45, 7) is 3.84. The van der Waals surface area contributed by atoms with Crippen LogP contribution in [0.15, 0.2) is 12.1 Å². The fourth-order valence-corrected chi connectivity index (χ4v) is 2.31. The summed E-state index contributed by atoms with van der Waals surface area (Å²) in [5, 5.41) is 12.0. The lowest BCUT2D eigenvalue weighted by Crippen LogP contribution is -2.40. The fraction of sp³-hybridized carbons (Fsp3) is 0.467. The SMILES string of the molecule is COc1cc(C)c(NC(=O)C2(C#N)CCC2)cc1C. The zero-order valence-corrected chi connectivity index (χ0v) is 11.5. The van der Waals surface area contributed by atoms with Crippen LogP contribution in [0.2, 0.25) is 0 Å². The van der Waals surface area contributed by atoms with Crippen molar-refractivity contribution in [1.29, 1.82) is 5.26 Å². The van der Waals surface area contributed by atoms with Gasteiger partial charge in [-0.15, -0.1) is 0 Å². The van der Waals surface area contributed by atoms with E-state index in [1.165, 1.54) is 0 Å². The highest BCUT2D eigenvalue weighted by molar-refractivity contribution is 5.98. The number of hydrogen-bond donors (Lipinski definition) is 1. The second-order valence-electron chi connectivity index (χ2n) is 5.14. The Labute approximate surface area is 113 Å². The van der Waals surface area contributed by atoms with Crippen molar-refractivity contribution in [2.45, 2.75) is 33.1 Å². The van der Waals surface area contributed by atoms with Gasteiger partial charge in [0.2, 0.25) is 5.91 Å². The van der Waals surface area contributed by atoms with Gasteiger partial charge in [0.15, 0.2) is 0 Å². The molecule has 4 heteroatoms. The minimum atomic E-state index is -0.819. The van der Waals surface area contributed by atoms with Gasteiger partial charge in [-0.25, -0.2) is 0 Å². The summed E-state index contributed by atoms with van der Waals surface area (Å²) in [4.78, 5) is 12.2. The van der Waals surface area contributed by atoms with Crippen molar-refractivity contribution in [2.24, 2.45) is 5.41 Å². The van der Waals surface area contributed by atoms with Crippen LogP contribution in [0, 0.1) is 30.6 Å². The van der Waals surface area contributed by atoms with E-state index in [1.807, 2.05) is 26.0 Å². The Balaban J connectivity index is 2.22. The molecule has 100 valence electrons. The first-order valence-electron chi connectivity index (χ1n) is 6.40. The molecular weight excluding hydrogens is 240 g/mol. The molecule has 0 bridgehead atoms. The molecule has 1 amide bonds. The van der Waals surface area contributed by atoms with Gasteiger partial charge in [-0.1, -0.05) is 0 Å². The van der Waals surface area contributed by atoms with Gasteiger partial charge < -0.3 is 10.1 Å². The average molecular weight is 258 g/mol. The number of aryl methyl sites for hydroxylation is 2. The second kappa shape index (κ2) is 4.93. The van der Waals surface area contributed by atoms with Crippen LogP contribution in [0.25, 0.3) is 0 Å². The molecule has 0 atom stereocenters. The minimum Gasteiger partial charge on any atom is -0.496 e. The van der Waals surface area contributed by atoms with E-state index in [4.69, 9.17) is 10.00 Å². The maximum absolute atomic E-state index is 12.2. The van der Waals surface area contributed by atoms with Gasteiger partial charge in [0.05, 0.1) is 13.2 Å². The van der Waals surface area contributed by atoms with Gasteiger partial charge in [0.25, 0.3) is 0 Å². The molecule has 19 heavy (non-hydrogen) atoms. The van der Waals surface area contributed by atoms with Crippen LogP contribution in [0.3, 0.4) is 0 Å². The Morgan fingerprint density at radius 1 is 1.37 bits per heavy atom. The lowest BCUT2D eigenvalue weighted by molar-refractivity contribution is -0.126. The number of hydrogen-bond acceptors (Lipinski definition) is 3. The third-order valence-electron chi connectivity index (χ3n) is 3.85. The normalized spacial score (nSPS) is 16.1. The molecule has 1 fully saturated rings. The number of carbonyl (C=O) groups excluding carboxylic acids is 1. The molecule has 0 aromatic heterocycles. The topological polar surface area (TPSA) is 62.1 Å². The number of ether oxygens (including phenoxy) is 1. The van der Waals surface area contributed by atoms with Gasteiger partial charge >= 0.3 is 0 Å². The minimum absolute atomic E-state index is 0.186. The van der Waals surface area contributed by atoms with E-state index in [9.17, 15) is 4.79 Å². The Morgan fingerprint density at radius 3 is 2.53 bits per heavy atom. The largest absolute Gasteiger partial charge is 0.496 e. The molecule has 4 nitrogen and oxygen atoms in total. The first kappa shape index (κ1) is 13.4. The number of benzene rings is 1. The molecule has 1 saturated carbocycles. The van der Waals surface area contributed by atoms with E-state index in [0.29, 0.717) is 12.8 Å². The third-order valence-corrected chi connectivity index (χ3v) is 3.85. The lowest BCUT2D eigenvalue weighted by Gasteiger charge is -2.33. The van der Waals surface area contributed by atoms with Gasteiger partial charge in [0.1, 0.15) is 11.2 Å². The highest BCUT2D eigenvalue weighted by atomic mass is 16.5. The number of nitriles is 1. The monoisotopic (exact) mass is 258 g/mol. The van der Waals surface area contributed by atoms with Gasteiger partial charge in [-0.05, 0) is 56.4 Å². The van der Waals surface area contributed by atoms with E-state index in [0.717, 1.165) is 29.0 Å². The standard InChI is InChI=1S/C15H18N2O2/c1-10-8-13(19-3)11(2)7-12(10)17-14(18)15(9-16)5-4-6-15/h7-8H,4-6H2,1-3H3,(H,17,18). The summed E-state index contributed by atoms with van der Waals surface area (Å²) in [6, 6.07) is 5.93. The van der Waals surface area contributed by atoms with Gasteiger partial charge in [-0.3, -0.25) is 4.79 Å². The molecule has 0 unspecified atom stereocenters. The maximum Gasteiger partial charge on any atom is 0.244 e. The Morgan fingerprint density at radius 2 is 2.05 bits per heavy atom. The fourth-order valence-electron chi connectivity index (χ4n) is 2.31. The molecule has 1 aliphatic rings. The number of rotatable bonds is 3. The number of nitrogens with one attached hydrogen (secondary N) is 1. The Hall–Kier alpha value is -2.02. The number of amides is 1. The summed E-state index contributed by atoms with van der Waals surface area (Å²) < 4.78 is 5.24. The molecule has 0 radical (unpaired) electrons. The van der Waals surface area contributed by atoms with Crippen LogP contribution in [0.4, 0.5) is 5.69 Å². The summed E-state index contributed by atoms with van der Waals surface area (Å²) in [5.41, 5.74) is 1.83. The number of anilines is 1. The lowest BCUT2D eigenvalue weighted by atomic mass is 9.69. The highest BCUT2D eigenvalue weighted by Crippen LogP contribution is 2.41. The molecule has 1 aromatic carbocycles. The zero-order valence-electron chi connectivity index (χ0n) is 11.5. The average Bonchev–Trinajstić information content (AvgIpc) is 2.32. The van der Waals surface area contributed by atoms with Crippen molar-refractivity contribution in [1.82, 2.24) is 0 Å². The van der Waals surface area contributed by atoms with Crippen LogP contribution in [0.1, 0.15) is 30.4 Å². The predicted molar refractivity (Wildman–Crippen MR) is 73.0 cm³/mol. The molecule has 0 saturated heterocycles. The van der Waals surface area contributed by atoms with Crippen LogP contribution in [0.5, 0.6) is 5.75 Å². The summed E-state index contributed by atoms with van der Waals surface area (Å²) in [6.07, 6.45) is 2.26. The van der Waals surface area contributed by atoms with Crippen molar-refractivity contribution >= 4 is 11.6 Å². The van der Waals surface area contributed by atoms with Crippen molar-refractivity contribution in [2.75, 3.05) is 12.4 Å². The molecule has 1 aliphatic carbocycles. The number of nitrogens with zero attached hydrogens (tertiary/aromatic N) is 1. The quantitative estimate of drug-likeness (QED) is 0.906. The van der Waals surface area contributed by atoms with Crippen molar-refractivity contribution in [3.63, 3.8) is 0 Å². The second-order valence-corrected chi connectivity index (χ2v) is 5.14. The first-order valence-corrected chi connectivity index (χ1v) is 6.40. The van der Waals surface area contributed by atoms with E-state index >= 15 is 0 Å². The van der Waals surface area contributed by atoms with Crippen LogP contribution < -0.4 is 10.1 Å². The van der Waals surface area contributed by atoms with Gasteiger partial charge in [-0.2, -0.15) is 5.26 Å². The van der Waals surface area contributed by atoms with Crippen LogP contribution in [-0.4, -0.2) is 13.0 Å². The molecule has 0 spiro atoms. The van der Waals surface area contributed by atoms with E-state index < -0.39 is 5.41 Å². The molecule has 1 N–H and O–H groups in total. The molecule has 2 rings (SSSR count). The summed E-state index contributed by atoms with van der Waals surface area (Å²) in [5.74, 6) is 0.614. The van der Waals surface area contributed by atoms with E-state index in [2.05, 4.69) is 11.4 Å². The summed E-state index contributed by atoms with van der Waals surface area (Å²) in [7, 11) is 1.62. The van der Waals surface area contributed by atoms with Gasteiger partial charge in [0, 0.05) is 5.69 Å². The molecule has 0 heterocycles. The predicted octanol–water partition coefficient (Wildman–Crippen LogP) is 2.94. The first-order chi connectivity index (χ1) is 9.02. The van der Waals surface area contributed by atoms with Crippen molar-refractivity contribution in [3.05, 3.63) is 23.3 Å². The maximum atomic E-state index is 12.2. The van der Waals surface area contributed by atoms with E-state index in [1.54, 1.807) is 7.11 Å². The van der Waals surface area contributed by atoms with Crippen molar-refractivity contribution in [3.8, 4) is 11.8 Å². The summed E-state index contributed by atoms with van der Waals surface area (Å²) >= 11 is 0. The van der Waals surface area contributed by atoms with Crippen LogP contribution in [-0.2, 0) is 4.79 Å². The van der Waals surface area contributed by atoms with Crippen molar-refractivity contribution < 1.29 is 9.53 Å². The molecular formula is C15H18N2O2. The highest BCUT2D eigenvalue weighted by Gasteiger charge is 2.44.